The third-order valence-electron chi connectivity index (χ3n) is 8.75. The highest BCUT2D eigenvalue weighted by Gasteiger charge is 2.74. The highest BCUT2D eigenvalue weighted by atomic mass is 35.5. The summed E-state index contributed by atoms with van der Waals surface area (Å²) in [5.41, 5.74) is -1.86. The molecule has 3 fully saturated rings. The molecule has 0 amide bonds. The smallest absolute Gasteiger partial charge is 0.190 e. The normalized spacial score (nSPS) is 52.5. The summed E-state index contributed by atoms with van der Waals surface area (Å²) < 4.78 is 0. The van der Waals surface area contributed by atoms with Crippen LogP contribution in [0, 0.1) is 28.6 Å². The number of rotatable bonds is 2. The molecule has 0 aliphatic heterocycles. The molecule has 0 saturated heterocycles. The molecule has 0 unspecified atom stereocenters. The molecule has 2 N–H and O–H groups in total. The number of aliphatic hydroxyl groups excluding tert-OH is 1. The van der Waals surface area contributed by atoms with Gasteiger partial charge in [0.15, 0.2) is 11.6 Å². The summed E-state index contributed by atoms with van der Waals surface area (Å²) in [6.45, 7) is 5.20. The molecule has 6 heteroatoms. The molecule has 0 aromatic heterocycles. The lowest BCUT2D eigenvalue weighted by molar-refractivity contribution is -0.167. The first-order valence-corrected chi connectivity index (χ1v) is 10.9. The van der Waals surface area contributed by atoms with Gasteiger partial charge in [-0.3, -0.25) is 9.59 Å². The molecule has 28 heavy (non-hydrogen) atoms. The molecule has 0 bridgehead atoms. The Morgan fingerprint density at radius 2 is 2.00 bits per heavy atom. The zero-order valence-corrected chi connectivity index (χ0v) is 18.1. The van der Waals surface area contributed by atoms with Gasteiger partial charge in [0.05, 0.1) is 10.3 Å². The lowest BCUT2D eigenvalue weighted by Gasteiger charge is -2.63. The van der Waals surface area contributed by atoms with E-state index in [4.69, 9.17) is 23.2 Å². The van der Waals surface area contributed by atoms with E-state index in [9.17, 15) is 19.8 Å². The minimum Gasteiger partial charge on any atom is -0.388 e. The van der Waals surface area contributed by atoms with E-state index in [1.807, 2.05) is 19.9 Å². The Balaban J connectivity index is 1.84. The van der Waals surface area contributed by atoms with Crippen molar-refractivity contribution in [1.29, 1.82) is 0 Å². The van der Waals surface area contributed by atoms with Crippen LogP contribution in [0.5, 0.6) is 0 Å². The summed E-state index contributed by atoms with van der Waals surface area (Å²) >= 11 is 14.4. The molecule has 4 nitrogen and oxygen atoms in total. The van der Waals surface area contributed by atoms with Crippen molar-refractivity contribution in [2.75, 3.05) is 6.61 Å². The van der Waals surface area contributed by atoms with Crippen LogP contribution in [-0.2, 0) is 9.59 Å². The van der Waals surface area contributed by atoms with Crippen LogP contribution in [0.4, 0.5) is 0 Å². The largest absolute Gasteiger partial charge is 0.388 e. The van der Waals surface area contributed by atoms with Crippen molar-refractivity contribution in [3.8, 4) is 0 Å². The maximum absolute atomic E-state index is 12.6. The number of Topliss-reactive ketones (excluding diaryl/α,β-unsaturated/α-hetero) is 1. The van der Waals surface area contributed by atoms with Crippen LogP contribution in [0.25, 0.3) is 0 Å². The van der Waals surface area contributed by atoms with E-state index in [0.717, 1.165) is 18.4 Å². The van der Waals surface area contributed by atoms with Gasteiger partial charge in [-0.25, -0.2) is 0 Å². The molecule has 8 atom stereocenters. The van der Waals surface area contributed by atoms with E-state index in [-0.39, 0.29) is 23.5 Å². The van der Waals surface area contributed by atoms with Gasteiger partial charge in [-0.2, -0.15) is 0 Å². The van der Waals surface area contributed by atoms with Gasteiger partial charge in [0.25, 0.3) is 0 Å². The van der Waals surface area contributed by atoms with E-state index in [0.29, 0.717) is 12.8 Å². The zero-order chi connectivity index (χ0) is 20.7. The van der Waals surface area contributed by atoms with Crippen molar-refractivity contribution in [2.45, 2.75) is 62.3 Å². The average molecular weight is 427 g/mol. The molecule has 0 heterocycles. The van der Waals surface area contributed by atoms with Crippen LogP contribution < -0.4 is 0 Å². The van der Waals surface area contributed by atoms with Crippen LogP contribution in [0.15, 0.2) is 23.8 Å². The molecule has 0 aromatic rings. The SMILES string of the molecule is C[C@@H]1C[C@H]2[C@@H]3CCC4=CC(=O)C=C[C@]4(C)[C@@]3(Cl)[C@@H](Cl)C[C@]2(C)[C@]1(O)C(=O)CO. The number of ketones is 2. The Bertz CT molecular complexity index is 806. The van der Waals surface area contributed by atoms with Crippen molar-refractivity contribution < 1.29 is 19.8 Å². The summed E-state index contributed by atoms with van der Waals surface area (Å²) in [4.78, 5) is 23.8. The summed E-state index contributed by atoms with van der Waals surface area (Å²) in [6.07, 6.45) is 7.76. The second kappa shape index (κ2) is 6.16. The first-order valence-electron chi connectivity index (χ1n) is 10.1. The molecule has 4 rings (SSSR count). The third kappa shape index (κ3) is 2.16. The van der Waals surface area contributed by atoms with E-state index in [1.54, 1.807) is 12.2 Å². The molecular formula is C22H28Cl2O4. The number of hydrogen-bond acceptors (Lipinski definition) is 4. The van der Waals surface area contributed by atoms with Crippen LogP contribution in [-0.4, -0.2) is 44.2 Å². The van der Waals surface area contributed by atoms with Gasteiger partial charge < -0.3 is 10.2 Å². The van der Waals surface area contributed by atoms with Crippen molar-refractivity contribution in [2.24, 2.45) is 28.6 Å². The number of aliphatic hydroxyl groups is 2. The number of hydrogen-bond donors (Lipinski definition) is 2. The highest BCUT2D eigenvalue weighted by molar-refractivity contribution is 6.34. The predicted octanol–water partition coefficient (Wildman–Crippen LogP) is 3.41. The van der Waals surface area contributed by atoms with Crippen LogP contribution in [0.1, 0.15) is 46.5 Å². The average Bonchev–Trinajstić information content (AvgIpc) is 2.84. The minimum atomic E-state index is -1.60. The molecule has 0 aromatic carbocycles. The molecule has 0 radical (unpaired) electrons. The second-order valence-corrected chi connectivity index (χ2v) is 10.9. The summed E-state index contributed by atoms with van der Waals surface area (Å²) in [7, 11) is 0. The lowest BCUT2D eigenvalue weighted by Crippen LogP contribution is -2.67. The number of carbonyl (C=O) groups is 2. The molecule has 4 aliphatic carbocycles. The van der Waals surface area contributed by atoms with E-state index in [2.05, 4.69) is 6.92 Å². The van der Waals surface area contributed by atoms with Crippen LogP contribution >= 0.6 is 23.2 Å². The predicted molar refractivity (Wildman–Crippen MR) is 108 cm³/mol. The van der Waals surface area contributed by atoms with Crippen molar-refractivity contribution in [1.82, 2.24) is 0 Å². The molecule has 4 aliphatic rings. The summed E-state index contributed by atoms with van der Waals surface area (Å²) in [5, 5.41) is 20.6. The Hall–Kier alpha value is -0.680. The molecule has 3 saturated carbocycles. The Labute approximate surface area is 176 Å². The fourth-order valence-corrected chi connectivity index (χ4v) is 8.43. The van der Waals surface area contributed by atoms with Gasteiger partial charge in [0, 0.05) is 10.8 Å². The van der Waals surface area contributed by atoms with Gasteiger partial charge in [-0.1, -0.05) is 32.4 Å². The molecule has 154 valence electrons. The first kappa shape index (κ1) is 20.6. The van der Waals surface area contributed by atoms with E-state index in [1.165, 1.54) is 0 Å². The van der Waals surface area contributed by atoms with Crippen molar-refractivity contribution >= 4 is 34.8 Å². The maximum Gasteiger partial charge on any atom is 0.190 e. The van der Waals surface area contributed by atoms with Crippen molar-refractivity contribution in [3.63, 3.8) is 0 Å². The van der Waals surface area contributed by atoms with E-state index >= 15 is 0 Å². The Morgan fingerprint density at radius 3 is 2.64 bits per heavy atom. The maximum atomic E-state index is 12.6. The lowest BCUT2D eigenvalue weighted by atomic mass is 9.46. The number of halogens is 2. The standard InChI is InChI=1S/C22H28Cl2O4/c1-12-8-16-15-5-4-13-9-14(26)6-7-19(13,2)21(15,24)17(23)10-20(16,3)22(12,28)18(27)11-25/h6-7,9,12,15-17,25,28H,4-5,8,10-11H2,1-3H3/t12-,15+,16+,17+,19+,20+,21+,22-/m1/s1. The monoisotopic (exact) mass is 426 g/mol. The van der Waals surface area contributed by atoms with Gasteiger partial charge in [-0.15, -0.1) is 23.2 Å². The summed E-state index contributed by atoms with van der Waals surface area (Å²) in [5.74, 6) is -0.811. The Kier molecular flexibility index (Phi) is 4.53. The number of carbonyl (C=O) groups excluding carboxylic acids is 2. The van der Waals surface area contributed by atoms with Crippen molar-refractivity contribution in [3.05, 3.63) is 23.8 Å². The molecule has 0 spiro atoms. The fourth-order valence-electron chi connectivity index (χ4n) is 7.20. The minimum absolute atomic E-state index is 0.00149. The molecular weight excluding hydrogens is 399 g/mol. The zero-order valence-electron chi connectivity index (χ0n) is 16.5. The first-order chi connectivity index (χ1) is 13.0. The van der Waals surface area contributed by atoms with Gasteiger partial charge in [-0.05, 0) is 55.6 Å². The topological polar surface area (TPSA) is 74.6 Å². The van der Waals surface area contributed by atoms with Crippen LogP contribution in [0.2, 0.25) is 0 Å². The number of alkyl halides is 2. The Morgan fingerprint density at radius 1 is 1.32 bits per heavy atom. The second-order valence-electron chi connectivity index (χ2n) is 9.70. The van der Waals surface area contributed by atoms with Gasteiger partial charge >= 0.3 is 0 Å². The highest BCUT2D eigenvalue weighted by Crippen LogP contribution is 2.72. The number of fused-ring (bicyclic) bond motifs is 5. The van der Waals surface area contributed by atoms with E-state index < -0.39 is 39.1 Å². The number of allylic oxidation sites excluding steroid dienone is 4. The third-order valence-corrected chi connectivity index (χ3v) is 10.3. The van der Waals surface area contributed by atoms with Gasteiger partial charge in [0.2, 0.25) is 0 Å². The fraction of sp³-hybridized carbons (Fsp3) is 0.727. The van der Waals surface area contributed by atoms with Gasteiger partial charge in [0.1, 0.15) is 12.2 Å². The van der Waals surface area contributed by atoms with Crippen LogP contribution in [0.3, 0.4) is 0 Å². The summed E-state index contributed by atoms with van der Waals surface area (Å²) in [6, 6.07) is 0. The quantitative estimate of drug-likeness (QED) is 0.663.